The summed E-state index contributed by atoms with van der Waals surface area (Å²) in [7, 11) is 0. The number of hydrogen-bond acceptors (Lipinski definition) is 3. The van der Waals surface area contributed by atoms with E-state index in [0.717, 1.165) is 11.8 Å². The van der Waals surface area contributed by atoms with E-state index >= 15 is 0 Å². The van der Waals surface area contributed by atoms with Crippen LogP contribution in [0.5, 0.6) is 0 Å². The third-order valence-electron chi connectivity index (χ3n) is 4.71. The van der Waals surface area contributed by atoms with Crippen molar-refractivity contribution < 1.29 is 0 Å². The number of aromatic nitrogens is 2. The van der Waals surface area contributed by atoms with Crippen LogP contribution in [0, 0.1) is 0 Å². The molecule has 0 bridgehead atoms. The molecule has 24 heavy (non-hydrogen) atoms. The summed E-state index contributed by atoms with van der Waals surface area (Å²) in [4.78, 5) is 4.18. The second-order valence-corrected chi connectivity index (χ2v) is 10.0. The molecule has 0 aliphatic carbocycles. The van der Waals surface area contributed by atoms with Crippen LogP contribution in [0.2, 0.25) is 0 Å². The van der Waals surface area contributed by atoms with Crippen LogP contribution in [0.3, 0.4) is 0 Å². The van der Waals surface area contributed by atoms with Crippen molar-refractivity contribution in [1.82, 2.24) is 9.55 Å². The fourth-order valence-electron chi connectivity index (χ4n) is 3.27. The quantitative estimate of drug-likeness (QED) is 0.626. The minimum atomic E-state index is 0.317. The number of thioether (sulfide) groups is 2. The van der Waals surface area contributed by atoms with Gasteiger partial charge in [-0.25, -0.2) is 4.98 Å². The molecule has 1 saturated heterocycles. The Morgan fingerprint density at radius 3 is 2.62 bits per heavy atom. The lowest BCUT2D eigenvalue weighted by molar-refractivity contribution is 0.597. The summed E-state index contributed by atoms with van der Waals surface area (Å²) < 4.78 is 2.53. The van der Waals surface area contributed by atoms with Crippen LogP contribution in [0.15, 0.2) is 43.0 Å². The zero-order chi connectivity index (χ0) is 16.8. The van der Waals surface area contributed by atoms with E-state index < -0.39 is 0 Å². The smallest absolute Gasteiger partial charge is 0.0945 e. The van der Waals surface area contributed by atoms with Crippen molar-refractivity contribution in [3.8, 4) is 0 Å². The molecule has 1 aliphatic rings. The van der Waals surface area contributed by atoms with Crippen molar-refractivity contribution in [2.24, 2.45) is 0 Å². The molecular weight excluding hydrogens is 332 g/mol. The average Bonchev–Trinajstić information content (AvgIpc) is 3.25. The first kappa shape index (κ1) is 17.9. The predicted molar refractivity (Wildman–Crippen MR) is 108 cm³/mol. The van der Waals surface area contributed by atoms with E-state index in [9.17, 15) is 0 Å². The lowest BCUT2D eigenvalue weighted by atomic mass is 10.0. The van der Waals surface area contributed by atoms with E-state index in [0.29, 0.717) is 4.08 Å². The Labute approximate surface area is 154 Å². The molecule has 4 heteroatoms. The number of nitrogens with zero attached hydrogens (tertiary/aromatic N) is 2. The summed E-state index contributed by atoms with van der Waals surface area (Å²) in [6, 6.07) is 9.35. The maximum Gasteiger partial charge on any atom is 0.0945 e. The number of benzene rings is 1. The van der Waals surface area contributed by atoms with Crippen LogP contribution in [-0.2, 0) is 19.4 Å². The lowest BCUT2D eigenvalue weighted by Crippen LogP contribution is -2.23. The highest BCUT2D eigenvalue weighted by Crippen LogP contribution is 2.53. The normalized spacial score (nSPS) is 23.7. The van der Waals surface area contributed by atoms with E-state index in [1.807, 2.05) is 12.5 Å². The SMILES string of the molecule is CCCc1ccc(CC2(CCn3ccnc3)SCC(CC)S2)cc1. The highest BCUT2D eigenvalue weighted by Gasteiger charge is 2.39. The zero-order valence-corrected chi connectivity index (χ0v) is 16.4. The Balaban J connectivity index is 1.69. The molecule has 0 radical (unpaired) electrons. The molecule has 0 N–H and O–H groups in total. The summed E-state index contributed by atoms with van der Waals surface area (Å²) in [5.41, 5.74) is 2.95. The van der Waals surface area contributed by atoms with Gasteiger partial charge in [0.15, 0.2) is 0 Å². The van der Waals surface area contributed by atoms with Crippen LogP contribution in [-0.4, -0.2) is 24.6 Å². The number of imidazole rings is 1. The molecule has 1 aromatic heterocycles. The van der Waals surface area contributed by atoms with Gasteiger partial charge >= 0.3 is 0 Å². The highest BCUT2D eigenvalue weighted by atomic mass is 32.2. The Morgan fingerprint density at radius 1 is 1.21 bits per heavy atom. The number of hydrogen-bond donors (Lipinski definition) is 0. The summed E-state index contributed by atoms with van der Waals surface area (Å²) in [6.45, 7) is 5.63. The molecule has 2 atom stereocenters. The first-order valence-electron chi connectivity index (χ1n) is 9.08. The van der Waals surface area contributed by atoms with E-state index in [-0.39, 0.29) is 0 Å². The maximum absolute atomic E-state index is 4.18. The minimum Gasteiger partial charge on any atom is -0.337 e. The molecule has 0 saturated carbocycles. The molecule has 2 unspecified atom stereocenters. The van der Waals surface area contributed by atoms with Gasteiger partial charge in [-0.1, -0.05) is 44.5 Å². The van der Waals surface area contributed by atoms with Crippen LogP contribution in [0.25, 0.3) is 0 Å². The molecule has 130 valence electrons. The molecule has 1 aromatic carbocycles. The van der Waals surface area contributed by atoms with Gasteiger partial charge in [-0.3, -0.25) is 0 Å². The van der Waals surface area contributed by atoms with E-state index in [2.05, 4.69) is 77.4 Å². The molecule has 0 spiro atoms. The van der Waals surface area contributed by atoms with Gasteiger partial charge in [0.1, 0.15) is 0 Å². The van der Waals surface area contributed by atoms with Crippen molar-refractivity contribution in [1.29, 1.82) is 0 Å². The molecule has 0 amide bonds. The molecule has 3 rings (SSSR count). The van der Waals surface area contributed by atoms with Gasteiger partial charge in [0.25, 0.3) is 0 Å². The van der Waals surface area contributed by atoms with Crippen molar-refractivity contribution in [2.45, 2.75) is 61.8 Å². The predicted octanol–water partition coefficient (Wildman–Crippen LogP) is 5.42. The van der Waals surface area contributed by atoms with Crippen molar-refractivity contribution in [2.75, 3.05) is 5.75 Å². The Morgan fingerprint density at radius 2 is 2.00 bits per heavy atom. The van der Waals surface area contributed by atoms with E-state index in [1.165, 1.54) is 49.0 Å². The summed E-state index contributed by atoms with van der Waals surface area (Å²) in [5.74, 6) is 1.29. The zero-order valence-electron chi connectivity index (χ0n) is 14.8. The van der Waals surface area contributed by atoms with Crippen molar-refractivity contribution in [3.63, 3.8) is 0 Å². The van der Waals surface area contributed by atoms with Gasteiger partial charge in [0.05, 0.1) is 10.4 Å². The molecule has 2 aromatic rings. The van der Waals surface area contributed by atoms with Crippen LogP contribution >= 0.6 is 23.5 Å². The standard InChI is InChI=1S/C20H28N2S2/c1-3-5-17-6-8-18(9-7-17)14-20(23-15-19(4-2)24-20)10-12-22-13-11-21-16-22/h6-9,11,13,16,19H,3-5,10,12,14-15H2,1-2H3. The second kappa shape index (κ2) is 8.48. The lowest BCUT2D eigenvalue weighted by Gasteiger charge is -2.28. The topological polar surface area (TPSA) is 17.8 Å². The van der Waals surface area contributed by atoms with E-state index in [4.69, 9.17) is 0 Å². The van der Waals surface area contributed by atoms with Gasteiger partial charge in [-0.15, -0.1) is 23.5 Å². The van der Waals surface area contributed by atoms with Crippen molar-refractivity contribution >= 4 is 23.5 Å². The summed E-state index contributed by atoms with van der Waals surface area (Å²) >= 11 is 4.40. The number of rotatable bonds is 8. The molecular formula is C20H28N2S2. The fourth-order valence-corrected chi connectivity index (χ4v) is 7.10. The third-order valence-corrected chi connectivity index (χ3v) is 8.62. The minimum absolute atomic E-state index is 0.317. The molecule has 1 aliphatic heterocycles. The second-order valence-electron chi connectivity index (χ2n) is 6.66. The first-order valence-corrected chi connectivity index (χ1v) is 10.9. The van der Waals surface area contributed by atoms with Crippen molar-refractivity contribution in [3.05, 3.63) is 54.1 Å². The van der Waals surface area contributed by atoms with Gasteiger partial charge in [-0.05, 0) is 36.8 Å². The van der Waals surface area contributed by atoms with Gasteiger partial charge in [0, 0.05) is 29.9 Å². The van der Waals surface area contributed by atoms with Crippen LogP contribution in [0.1, 0.15) is 44.2 Å². The third kappa shape index (κ3) is 4.60. The van der Waals surface area contributed by atoms with Crippen LogP contribution < -0.4 is 0 Å². The molecule has 2 heterocycles. The summed E-state index contributed by atoms with van der Waals surface area (Å²) in [5, 5.41) is 0.803. The fraction of sp³-hybridized carbons (Fsp3) is 0.550. The van der Waals surface area contributed by atoms with Gasteiger partial charge in [-0.2, -0.15) is 0 Å². The monoisotopic (exact) mass is 360 g/mol. The number of aryl methyl sites for hydroxylation is 2. The highest BCUT2D eigenvalue weighted by molar-refractivity contribution is 8.21. The Bertz CT molecular complexity index is 609. The molecule has 2 nitrogen and oxygen atoms in total. The van der Waals surface area contributed by atoms with Gasteiger partial charge < -0.3 is 4.57 Å². The Hall–Kier alpha value is -0.870. The summed E-state index contributed by atoms with van der Waals surface area (Å²) in [6.07, 6.45) is 11.9. The van der Waals surface area contributed by atoms with Crippen LogP contribution in [0.4, 0.5) is 0 Å². The largest absolute Gasteiger partial charge is 0.337 e. The van der Waals surface area contributed by atoms with Gasteiger partial charge in [0.2, 0.25) is 0 Å². The molecule has 1 fully saturated rings. The maximum atomic E-state index is 4.18. The van der Waals surface area contributed by atoms with E-state index in [1.54, 1.807) is 0 Å². The first-order chi connectivity index (χ1) is 11.7. The average molecular weight is 361 g/mol. The Kier molecular flexibility index (Phi) is 6.34.